The highest BCUT2D eigenvalue weighted by Crippen LogP contribution is 2.29. The zero-order chi connectivity index (χ0) is 22.3. The average molecular weight is 429 g/mol. The van der Waals surface area contributed by atoms with E-state index < -0.39 is 11.7 Å². The van der Waals surface area contributed by atoms with E-state index in [0.717, 1.165) is 17.7 Å². The van der Waals surface area contributed by atoms with Gasteiger partial charge in [-0.1, -0.05) is 36.4 Å². The highest BCUT2D eigenvalue weighted by Gasteiger charge is 2.30. The van der Waals surface area contributed by atoms with Crippen LogP contribution in [0.2, 0.25) is 0 Å². The number of aliphatic hydroxyl groups is 1. The molecule has 8 heteroatoms. The van der Waals surface area contributed by atoms with Crippen LogP contribution in [0.5, 0.6) is 0 Å². The molecule has 0 unspecified atom stereocenters. The number of nitrogens with one attached hydrogen (secondary N) is 2. The molecule has 2 aromatic carbocycles. The molecule has 0 saturated carbocycles. The number of carbonyl (C=O) groups excluding carboxylic acids is 1. The summed E-state index contributed by atoms with van der Waals surface area (Å²) in [5, 5.41) is 14.6. The molecule has 3 aromatic rings. The minimum Gasteiger partial charge on any atom is -0.395 e. The third-order valence-electron chi connectivity index (χ3n) is 4.54. The van der Waals surface area contributed by atoms with E-state index in [-0.39, 0.29) is 19.1 Å². The van der Waals surface area contributed by atoms with E-state index in [2.05, 4.69) is 15.6 Å². The highest BCUT2D eigenvalue weighted by atomic mass is 19.4. The number of hydrogen-bond donors (Lipinski definition) is 3. The topological polar surface area (TPSA) is 74.2 Å². The standard InChI is InChI=1S/C23H22F3N3O2/c24-23(25,26)19-7-1-4-16(14-19)10-11-27-21-9-3-8-20(29-21)17-5-2-6-18(15-17)22(31)28-12-13-30/h1-9,14-15,30H,10-13H2,(H,27,29)(H,28,31). The number of aromatic nitrogens is 1. The number of anilines is 1. The lowest BCUT2D eigenvalue weighted by atomic mass is 10.1. The Morgan fingerprint density at radius 3 is 2.52 bits per heavy atom. The first-order chi connectivity index (χ1) is 14.9. The van der Waals surface area contributed by atoms with Crippen LogP contribution in [0.1, 0.15) is 21.5 Å². The molecule has 0 radical (unpaired) electrons. The van der Waals surface area contributed by atoms with Crippen LogP contribution in [-0.2, 0) is 12.6 Å². The van der Waals surface area contributed by atoms with E-state index in [9.17, 15) is 18.0 Å². The number of aliphatic hydroxyl groups excluding tert-OH is 1. The van der Waals surface area contributed by atoms with E-state index in [1.165, 1.54) is 6.07 Å². The van der Waals surface area contributed by atoms with Crippen LogP contribution in [0.4, 0.5) is 19.0 Å². The molecule has 0 aliphatic rings. The lowest BCUT2D eigenvalue weighted by molar-refractivity contribution is -0.137. The second-order valence-corrected chi connectivity index (χ2v) is 6.84. The molecule has 0 saturated heterocycles. The van der Waals surface area contributed by atoms with E-state index in [0.29, 0.717) is 35.6 Å². The normalized spacial score (nSPS) is 11.2. The first-order valence-electron chi connectivity index (χ1n) is 9.73. The number of amides is 1. The fourth-order valence-corrected chi connectivity index (χ4v) is 3.02. The Hall–Kier alpha value is -3.39. The Balaban J connectivity index is 1.65. The van der Waals surface area contributed by atoms with Crippen LogP contribution >= 0.6 is 0 Å². The lowest BCUT2D eigenvalue weighted by Gasteiger charge is -2.11. The number of carbonyl (C=O) groups is 1. The highest BCUT2D eigenvalue weighted by molar-refractivity contribution is 5.95. The summed E-state index contributed by atoms with van der Waals surface area (Å²) in [5.41, 5.74) is 1.78. The summed E-state index contributed by atoms with van der Waals surface area (Å²) in [6.45, 7) is 0.454. The molecule has 1 heterocycles. The summed E-state index contributed by atoms with van der Waals surface area (Å²) in [4.78, 5) is 16.6. The Morgan fingerprint density at radius 2 is 1.74 bits per heavy atom. The largest absolute Gasteiger partial charge is 0.416 e. The van der Waals surface area contributed by atoms with Crippen LogP contribution in [0.25, 0.3) is 11.3 Å². The van der Waals surface area contributed by atoms with Crippen LogP contribution in [-0.4, -0.2) is 35.7 Å². The monoisotopic (exact) mass is 429 g/mol. The predicted octanol–water partition coefficient (Wildman–Crippen LogP) is 4.14. The Kier molecular flexibility index (Phi) is 7.25. The fourth-order valence-electron chi connectivity index (χ4n) is 3.02. The van der Waals surface area contributed by atoms with Crippen LogP contribution < -0.4 is 10.6 Å². The molecule has 0 bridgehead atoms. The van der Waals surface area contributed by atoms with Gasteiger partial charge < -0.3 is 15.7 Å². The molecule has 0 aliphatic carbocycles. The SMILES string of the molecule is O=C(NCCO)c1cccc(-c2cccc(NCCc3cccc(C(F)(F)F)c3)n2)c1. The second kappa shape index (κ2) is 10.1. The zero-order valence-electron chi connectivity index (χ0n) is 16.6. The van der Waals surface area contributed by atoms with Crippen LogP contribution in [0.15, 0.2) is 66.7 Å². The molecular formula is C23H22F3N3O2. The maximum atomic E-state index is 12.8. The van der Waals surface area contributed by atoms with Gasteiger partial charge in [0.05, 0.1) is 17.9 Å². The van der Waals surface area contributed by atoms with Gasteiger partial charge in [-0.25, -0.2) is 4.98 Å². The molecule has 0 spiro atoms. The molecule has 1 aromatic heterocycles. The van der Waals surface area contributed by atoms with Gasteiger partial charge in [-0.2, -0.15) is 13.2 Å². The quantitative estimate of drug-likeness (QED) is 0.503. The summed E-state index contributed by atoms with van der Waals surface area (Å²) in [7, 11) is 0. The van der Waals surface area contributed by atoms with Crippen molar-refractivity contribution in [2.75, 3.05) is 25.0 Å². The minimum absolute atomic E-state index is 0.138. The van der Waals surface area contributed by atoms with Gasteiger partial charge in [0.25, 0.3) is 5.91 Å². The fraction of sp³-hybridized carbons (Fsp3) is 0.217. The van der Waals surface area contributed by atoms with E-state index in [1.54, 1.807) is 30.3 Å². The smallest absolute Gasteiger partial charge is 0.395 e. The summed E-state index contributed by atoms with van der Waals surface area (Å²) < 4.78 is 38.5. The lowest BCUT2D eigenvalue weighted by Crippen LogP contribution is -2.26. The Morgan fingerprint density at radius 1 is 0.968 bits per heavy atom. The summed E-state index contributed by atoms with van der Waals surface area (Å²) in [6, 6.07) is 17.6. The Bertz CT molecular complexity index is 1040. The maximum absolute atomic E-state index is 12.8. The molecule has 0 atom stereocenters. The molecule has 1 amide bonds. The van der Waals surface area contributed by atoms with Gasteiger partial charge in [-0.05, 0) is 42.3 Å². The number of pyridine rings is 1. The van der Waals surface area contributed by atoms with Crippen molar-refractivity contribution >= 4 is 11.7 Å². The van der Waals surface area contributed by atoms with Gasteiger partial charge in [0.15, 0.2) is 0 Å². The molecule has 5 nitrogen and oxygen atoms in total. The van der Waals surface area contributed by atoms with Gasteiger partial charge >= 0.3 is 6.18 Å². The van der Waals surface area contributed by atoms with Gasteiger partial charge in [0.1, 0.15) is 5.82 Å². The van der Waals surface area contributed by atoms with Crippen molar-refractivity contribution in [1.82, 2.24) is 10.3 Å². The number of alkyl halides is 3. The first kappa shape index (κ1) is 22.3. The van der Waals surface area contributed by atoms with Crippen molar-refractivity contribution in [2.24, 2.45) is 0 Å². The summed E-state index contributed by atoms with van der Waals surface area (Å²) in [6.07, 6.45) is -3.95. The van der Waals surface area contributed by atoms with Crippen molar-refractivity contribution in [3.05, 3.63) is 83.4 Å². The molecule has 3 N–H and O–H groups in total. The maximum Gasteiger partial charge on any atom is 0.416 e. The molecule has 31 heavy (non-hydrogen) atoms. The van der Waals surface area contributed by atoms with Gasteiger partial charge in [-0.15, -0.1) is 0 Å². The predicted molar refractivity (Wildman–Crippen MR) is 113 cm³/mol. The van der Waals surface area contributed by atoms with Gasteiger partial charge in [0.2, 0.25) is 0 Å². The van der Waals surface area contributed by atoms with E-state index in [1.807, 2.05) is 18.2 Å². The van der Waals surface area contributed by atoms with Gasteiger partial charge in [0, 0.05) is 24.2 Å². The summed E-state index contributed by atoms with van der Waals surface area (Å²) >= 11 is 0. The Labute approximate surface area is 178 Å². The molecule has 162 valence electrons. The number of hydrogen-bond acceptors (Lipinski definition) is 4. The number of nitrogens with zero attached hydrogens (tertiary/aromatic N) is 1. The van der Waals surface area contributed by atoms with E-state index in [4.69, 9.17) is 5.11 Å². The minimum atomic E-state index is -4.36. The molecule has 0 fully saturated rings. The third kappa shape index (κ3) is 6.29. The average Bonchev–Trinajstić information content (AvgIpc) is 2.77. The third-order valence-corrected chi connectivity index (χ3v) is 4.54. The van der Waals surface area contributed by atoms with Crippen molar-refractivity contribution < 1.29 is 23.1 Å². The molecular weight excluding hydrogens is 407 g/mol. The number of benzene rings is 2. The number of halogens is 3. The van der Waals surface area contributed by atoms with Crippen molar-refractivity contribution in [2.45, 2.75) is 12.6 Å². The summed E-state index contributed by atoms with van der Waals surface area (Å²) in [5.74, 6) is 0.297. The van der Waals surface area contributed by atoms with Crippen molar-refractivity contribution in [1.29, 1.82) is 0 Å². The van der Waals surface area contributed by atoms with E-state index >= 15 is 0 Å². The molecule has 3 rings (SSSR count). The van der Waals surface area contributed by atoms with Crippen molar-refractivity contribution in [3.63, 3.8) is 0 Å². The number of rotatable bonds is 8. The van der Waals surface area contributed by atoms with Crippen LogP contribution in [0, 0.1) is 0 Å². The zero-order valence-corrected chi connectivity index (χ0v) is 16.6. The molecule has 0 aliphatic heterocycles. The second-order valence-electron chi connectivity index (χ2n) is 6.84. The first-order valence-corrected chi connectivity index (χ1v) is 9.73. The van der Waals surface area contributed by atoms with Crippen molar-refractivity contribution in [3.8, 4) is 11.3 Å². The van der Waals surface area contributed by atoms with Gasteiger partial charge in [-0.3, -0.25) is 4.79 Å². The van der Waals surface area contributed by atoms with Crippen LogP contribution in [0.3, 0.4) is 0 Å².